The van der Waals surface area contributed by atoms with E-state index in [4.69, 9.17) is 9.47 Å². The van der Waals surface area contributed by atoms with Crippen molar-refractivity contribution in [1.82, 2.24) is 4.31 Å². The standard InChI is InChI=1S/C24H30N2O6S/c1-19-12-13-20(17-22(19)33(29,30)26-14-6-3-7-15-26)25-23(27)18-32-24(28)11-8-16-31-21-9-4-2-5-10-21/h2,4-5,9-10,12-13,17H,3,6-8,11,14-16,18H2,1H3,(H,25,27). The maximum absolute atomic E-state index is 13.0. The zero-order valence-electron chi connectivity index (χ0n) is 18.8. The number of carbonyl (C=O) groups is 2. The number of esters is 1. The molecule has 0 bridgehead atoms. The fraction of sp³-hybridized carbons (Fsp3) is 0.417. The number of nitrogens with one attached hydrogen (secondary N) is 1. The third kappa shape index (κ3) is 7.30. The van der Waals surface area contributed by atoms with Gasteiger partial charge in [0.05, 0.1) is 11.5 Å². The topological polar surface area (TPSA) is 102 Å². The minimum Gasteiger partial charge on any atom is -0.494 e. The van der Waals surface area contributed by atoms with E-state index in [1.54, 1.807) is 19.1 Å². The van der Waals surface area contributed by atoms with Gasteiger partial charge in [-0.15, -0.1) is 0 Å². The molecular formula is C24H30N2O6S. The van der Waals surface area contributed by atoms with Crippen molar-refractivity contribution in [2.45, 2.75) is 43.9 Å². The fourth-order valence-corrected chi connectivity index (χ4v) is 5.31. The van der Waals surface area contributed by atoms with E-state index in [-0.39, 0.29) is 11.3 Å². The summed E-state index contributed by atoms with van der Waals surface area (Å²) in [4.78, 5) is 24.3. The highest BCUT2D eigenvalue weighted by atomic mass is 32.2. The van der Waals surface area contributed by atoms with Gasteiger partial charge in [-0.2, -0.15) is 4.31 Å². The number of anilines is 1. The van der Waals surface area contributed by atoms with Gasteiger partial charge in [0.15, 0.2) is 6.61 Å². The molecule has 1 heterocycles. The molecule has 8 nitrogen and oxygen atoms in total. The van der Waals surface area contributed by atoms with Crippen molar-refractivity contribution in [3.63, 3.8) is 0 Å². The summed E-state index contributed by atoms with van der Waals surface area (Å²) in [6.45, 7) is 2.66. The number of ether oxygens (including phenoxy) is 2. The third-order valence-electron chi connectivity index (χ3n) is 5.31. The molecule has 0 spiro atoms. The molecular weight excluding hydrogens is 444 g/mol. The molecule has 9 heteroatoms. The highest BCUT2D eigenvalue weighted by Gasteiger charge is 2.27. The molecule has 0 atom stereocenters. The summed E-state index contributed by atoms with van der Waals surface area (Å²) in [5.74, 6) is -0.307. The first kappa shape index (κ1) is 24.7. The maximum atomic E-state index is 13.0. The molecule has 178 valence electrons. The first-order valence-corrected chi connectivity index (χ1v) is 12.5. The lowest BCUT2D eigenvalue weighted by atomic mass is 10.2. The summed E-state index contributed by atoms with van der Waals surface area (Å²) in [5, 5.41) is 2.60. The van der Waals surface area contributed by atoms with Crippen LogP contribution in [0, 0.1) is 6.92 Å². The predicted octanol–water partition coefficient (Wildman–Crippen LogP) is 3.51. The number of carbonyl (C=O) groups excluding carboxylic acids is 2. The molecule has 0 aromatic heterocycles. The molecule has 3 rings (SSSR count). The Kier molecular flexibility index (Phi) is 8.85. The minimum absolute atomic E-state index is 0.128. The Morgan fingerprint density at radius 1 is 1.03 bits per heavy atom. The Morgan fingerprint density at radius 2 is 1.76 bits per heavy atom. The molecule has 2 aromatic carbocycles. The van der Waals surface area contributed by atoms with Crippen molar-refractivity contribution in [2.24, 2.45) is 0 Å². The molecule has 1 aliphatic rings. The number of nitrogens with zero attached hydrogens (tertiary/aromatic N) is 1. The summed E-state index contributed by atoms with van der Waals surface area (Å²) < 4.78 is 38.0. The molecule has 1 aliphatic heterocycles. The van der Waals surface area contributed by atoms with Crippen molar-refractivity contribution in [3.8, 4) is 5.75 Å². The summed E-state index contributed by atoms with van der Waals surface area (Å²) in [7, 11) is -3.62. The predicted molar refractivity (Wildman–Crippen MR) is 125 cm³/mol. The number of hydrogen-bond donors (Lipinski definition) is 1. The molecule has 1 fully saturated rings. The first-order chi connectivity index (χ1) is 15.9. The van der Waals surface area contributed by atoms with Crippen LogP contribution in [0.3, 0.4) is 0 Å². The number of hydrogen-bond acceptors (Lipinski definition) is 6. The molecule has 2 aromatic rings. The average molecular weight is 475 g/mol. The third-order valence-corrected chi connectivity index (χ3v) is 7.35. The molecule has 0 radical (unpaired) electrons. The van der Waals surface area contributed by atoms with E-state index < -0.39 is 28.5 Å². The van der Waals surface area contributed by atoms with Crippen molar-refractivity contribution in [1.29, 1.82) is 0 Å². The number of rotatable bonds is 10. The Hall–Kier alpha value is -2.91. The molecule has 1 amide bonds. The van der Waals surface area contributed by atoms with Crippen molar-refractivity contribution in [3.05, 3.63) is 54.1 Å². The van der Waals surface area contributed by atoms with Gasteiger partial charge in [-0.3, -0.25) is 9.59 Å². The van der Waals surface area contributed by atoms with E-state index in [2.05, 4.69) is 5.32 Å². The minimum atomic E-state index is -3.62. The maximum Gasteiger partial charge on any atom is 0.306 e. The highest BCUT2D eigenvalue weighted by Crippen LogP contribution is 2.26. The normalized spacial score (nSPS) is 14.5. The van der Waals surface area contributed by atoms with E-state index in [1.807, 2.05) is 30.3 Å². The second kappa shape index (κ2) is 11.8. The number of sulfonamides is 1. The second-order valence-electron chi connectivity index (χ2n) is 7.92. The fourth-order valence-electron chi connectivity index (χ4n) is 3.54. The highest BCUT2D eigenvalue weighted by molar-refractivity contribution is 7.89. The van der Waals surface area contributed by atoms with Gasteiger partial charge in [-0.05, 0) is 56.0 Å². The van der Waals surface area contributed by atoms with Crippen LogP contribution in [-0.2, 0) is 24.3 Å². The van der Waals surface area contributed by atoms with Crippen molar-refractivity contribution < 1.29 is 27.5 Å². The summed E-state index contributed by atoms with van der Waals surface area (Å²) in [6.07, 6.45) is 3.31. The van der Waals surface area contributed by atoms with Crippen LogP contribution < -0.4 is 10.1 Å². The number of piperidine rings is 1. The molecule has 1 saturated heterocycles. The number of aryl methyl sites for hydroxylation is 1. The lowest BCUT2D eigenvalue weighted by Crippen LogP contribution is -2.36. The van der Waals surface area contributed by atoms with E-state index in [9.17, 15) is 18.0 Å². The van der Waals surface area contributed by atoms with Gasteiger partial charge in [-0.1, -0.05) is 30.7 Å². The monoisotopic (exact) mass is 474 g/mol. The zero-order valence-corrected chi connectivity index (χ0v) is 19.6. The van der Waals surface area contributed by atoms with E-state index in [0.717, 1.165) is 25.0 Å². The molecule has 0 saturated carbocycles. The van der Waals surface area contributed by atoms with Gasteiger partial charge in [0.2, 0.25) is 10.0 Å². The van der Waals surface area contributed by atoms with Crippen LogP contribution >= 0.6 is 0 Å². The van der Waals surface area contributed by atoms with Crippen LogP contribution in [0.15, 0.2) is 53.4 Å². The number of amides is 1. The Labute approximate surface area is 194 Å². The summed E-state index contributed by atoms with van der Waals surface area (Å²) in [5.41, 5.74) is 0.955. The smallest absolute Gasteiger partial charge is 0.306 e. The SMILES string of the molecule is Cc1ccc(NC(=O)COC(=O)CCCOc2ccccc2)cc1S(=O)(=O)N1CCCCC1. The molecule has 0 unspecified atom stereocenters. The van der Waals surface area contributed by atoms with Crippen LogP contribution in [0.1, 0.15) is 37.7 Å². The van der Waals surface area contributed by atoms with E-state index >= 15 is 0 Å². The van der Waals surface area contributed by atoms with Crippen LogP contribution in [0.25, 0.3) is 0 Å². The van der Waals surface area contributed by atoms with Gasteiger partial charge < -0.3 is 14.8 Å². The lowest BCUT2D eigenvalue weighted by Gasteiger charge is -2.26. The van der Waals surface area contributed by atoms with Gasteiger partial charge >= 0.3 is 5.97 Å². The number of benzene rings is 2. The molecule has 1 N–H and O–H groups in total. The first-order valence-electron chi connectivity index (χ1n) is 11.1. The zero-order chi connectivity index (χ0) is 23.7. The lowest BCUT2D eigenvalue weighted by molar-refractivity contribution is -0.147. The van der Waals surface area contributed by atoms with Gasteiger partial charge in [0, 0.05) is 25.2 Å². The average Bonchev–Trinajstić information content (AvgIpc) is 2.83. The van der Waals surface area contributed by atoms with Crippen LogP contribution in [0.5, 0.6) is 5.75 Å². The largest absolute Gasteiger partial charge is 0.494 e. The van der Waals surface area contributed by atoms with Crippen molar-refractivity contribution in [2.75, 3.05) is 31.6 Å². The van der Waals surface area contributed by atoms with Crippen LogP contribution in [0.4, 0.5) is 5.69 Å². The molecule has 33 heavy (non-hydrogen) atoms. The summed E-state index contributed by atoms with van der Waals surface area (Å²) >= 11 is 0. The van der Waals surface area contributed by atoms with Crippen LogP contribution in [-0.4, -0.2) is 50.9 Å². The van der Waals surface area contributed by atoms with E-state index in [1.165, 1.54) is 10.4 Å². The Bertz CT molecular complexity index is 1050. The summed E-state index contributed by atoms with van der Waals surface area (Å²) in [6, 6.07) is 14.0. The van der Waals surface area contributed by atoms with Gasteiger partial charge in [0.1, 0.15) is 5.75 Å². The van der Waals surface area contributed by atoms with Crippen LogP contribution in [0.2, 0.25) is 0 Å². The van der Waals surface area contributed by atoms with Gasteiger partial charge in [-0.25, -0.2) is 8.42 Å². The van der Waals surface area contributed by atoms with Gasteiger partial charge in [0.25, 0.3) is 5.91 Å². The quantitative estimate of drug-likeness (QED) is 0.418. The number of para-hydroxylation sites is 1. The second-order valence-corrected chi connectivity index (χ2v) is 9.83. The van der Waals surface area contributed by atoms with E-state index in [0.29, 0.717) is 37.4 Å². The Morgan fingerprint density at radius 3 is 2.48 bits per heavy atom. The molecule has 0 aliphatic carbocycles. The Balaban J connectivity index is 1.46. The van der Waals surface area contributed by atoms with Crippen molar-refractivity contribution >= 4 is 27.6 Å².